The van der Waals surface area contributed by atoms with E-state index in [9.17, 15) is 18.0 Å². The summed E-state index contributed by atoms with van der Waals surface area (Å²) in [6.45, 7) is 1.45. The summed E-state index contributed by atoms with van der Waals surface area (Å²) < 4.78 is 27.7. The lowest BCUT2D eigenvalue weighted by Gasteiger charge is -2.10. The molecule has 0 bridgehead atoms. The maximum absolute atomic E-state index is 12.1. The normalized spacial score (nSPS) is 12.9. The van der Waals surface area contributed by atoms with Gasteiger partial charge in [-0.15, -0.1) is 0 Å². The van der Waals surface area contributed by atoms with Crippen molar-refractivity contribution < 1.29 is 23.1 Å². The van der Waals surface area contributed by atoms with Gasteiger partial charge in [0.05, 0.1) is 6.42 Å². The average molecular weight is 303 g/mol. The Bertz CT molecular complexity index is 620. The van der Waals surface area contributed by atoms with Crippen molar-refractivity contribution in [1.82, 2.24) is 14.6 Å². The molecule has 8 nitrogen and oxygen atoms in total. The lowest BCUT2D eigenvalue weighted by molar-refractivity contribution is -0.137. The number of carbonyl (C=O) groups is 2. The highest BCUT2D eigenvalue weighted by molar-refractivity contribution is 7.89. The Hall–Kier alpha value is -1.87. The first-order chi connectivity index (χ1) is 9.17. The highest BCUT2D eigenvalue weighted by Crippen LogP contribution is 2.14. The van der Waals surface area contributed by atoms with E-state index in [1.807, 2.05) is 0 Å². The topological polar surface area (TPSA) is 118 Å². The van der Waals surface area contributed by atoms with Crippen LogP contribution in [0.2, 0.25) is 0 Å². The van der Waals surface area contributed by atoms with Gasteiger partial charge in [0.15, 0.2) is 0 Å². The van der Waals surface area contributed by atoms with Crippen LogP contribution in [0, 0.1) is 0 Å². The second-order valence-electron chi connectivity index (χ2n) is 4.37. The smallest absolute Gasteiger partial charge is 0.304 e. The van der Waals surface area contributed by atoms with Crippen LogP contribution in [0.5, 0.6) is 0 Å². The van der Waals surface area contributed by atoms with Crippen molar-refractivity contribution in [1.29, 1.82) is 0 Å². The Kier molecular flexibility index (Phi) is 4.90. The second kappa shape index (κ2) is 6.06. The van der Waals surface area contributed by atoms with Gasteiger partial charge in [0.25, 0.3) is 5.91 Å². The molecule has 0 fully saturated rings. The fraction of sp³-hybridized carbons (Fsp3) is 0.455. The van der Waals surface area contributed by atoms with E-state index in [0.717, 1.165) is 0 Å². The van der Waals surface area contributed by atoms with E-state index in [0.29, 0.717) is 0 Å². The van der Waals surface area contributed by atoms with Crippen LogP contribution in [0.4, 0.5) is 0 Å². The van der Waals surface area contributed by atoms with Crippen molar-refractivity contribution in [3.8, 4) is 0 Å². The van der Waals surface area contributed by atoms with E-state index in [1.165, 1.54) is 30.8 Å². The molecular formula is C11H17N3O5S. The molecule has 0 radical (unpaired) electrons. The van der Waals surface area contributed by atoms with Gasteiger partial charge in [0, 0.05) is 26.3 Å². The molecule has 9 heteroatoms. The number of carboxylic acid groups (broad SMARTS) is 1. The number of rotatable bonds is 6. The molecule has 3 N–H and O–H groups in total. The van der Waals surface area contributed by atoms with Gasteiger partial charge in [-0.25, -0.2) is 13.1 Å². The van der Waals surface area contributed by atoms with Crippen LogP contribution >= 0.6 is 0 Å². The standard InChI is InChI=1S/C11H17N3O5S/c1-7(4-10(15)16)13-20(18,19)8-5-9(11(17)12-2)14(3)6-8/h5-7,13H,4H2,1-3H3,(H,12,17)(H,15,16). The molecule has 1 aromatic heterocycles. The lowest BCUT2D eigenvalue weighted by atomic mass is 10.3. The third-order valence-corrected chi connectivity index (χ3v) is 4.14. The largest absolute Gasteiger partial charge is 0.481 e. The van der Waals surface area contributed by atoms with Crippen LogP contribution < -0.4 is 10.0 Å². The van der Waals surface area contributed by atoms with Crippen molar-refractivity contribution in [2.24, 2.45) is 7.05 Å². The molecule has 1 rings (SSSR count). The van der Waals surface area contributed by atoms with E-state index in [4.69, 9.17) is 5.11 Å². The Morgan fingerprint density at radius 2 is 2.05 bits per heavy atom. The predicted molar refractivity (Wildman–Crippen MR) is 70.8 cm³/mol. The molecule has 1 atom stereocenters. The number of amides is 1. The van der Waals surface area contributed by atoms with Gasteiger partial charge in [-0.05, 0) is 13.0 Å². The average Bonchev–Trinajstić information content (AvgIpc) is 2.69. The Morgan fingerprint density at radius 3 is 2.55 bits per heavy atom. The van der Waals surface area contributed by atoms with Crippen LogP contribution in [-0.2, 0) is 21.9 Å². The molecule has 20 heavy (non-hydrogen) atoms. The summed E-state index contributed by atoms with van der Waals surface area (Å²) >= 11 is 0. The van der Waals surface area contributed by atoms with Crippen molar-refractivity contribution in [3.63, 3.8) is 0 Å². The third kappa shape index (κ3) is 3.81. The van der Waals surface area contributed by atoms with E-state index in [1.54, 1.807) is 7.05 Å². The van der Waals surface area contributed by atoms with E-state index in [2.05, 4.69) is 10.0 Å². The van der Waals surface area contributed by atoms with Crippen LogP contribution in [0.1, 0.15) is 23.8 Å². The number of nitrogens with zero attached hydrogens (tertiary/aromatic N) is 1. The SMILES string of the molecule is CNC(=O)c1cc(S(=O)(=O)NC(C)CC(=O)O)cn1C. The Morgan fingerprint density at radius 1 is 1.45 bits per heavy atom. The molecule has 0 aliphatic rings. The van der Waals surface area contributed by atoms with Crippen LogP contribution in [0.25, 0.3) is 0 Å². The van der Waals surface area contributed by atoms with E-state index >= 15 is 0 Å². The summed E-state index contributed by atoms with van der Waals surface area (Å²) in [6.07, 6.45) is 0.967. The second-order valence-corrected chi connectivity index (χ2v) is 6.09. The molecule has 112 valence electrons. The van der Waals surface area contributed by atoms with Crippen molar-refractivity contribution in [2.75, 3.05) is 7.05 Å². The summed E-state index contributed by atoms with van der Waals surface area (Å²) in [4.78, 5) is 22.0. The number of carbonyl (C=O) groups excluding carboxylic acids is 1. The van der Waals surface area contributed by atoms with Crippen LogP contribution in [0.3, 0.4) is 0 Å². The summed E-state index contributed by atoms with van der Waals surface area (Å²) in [5, 5.41) is 11.0. The number of aryl methyl sites for hydroxylation is 1. The number of hydrogen-bond donors (Lipinski definition) is 3. The predicted octanol–water partition coefficient (Wildman–Crippen LogP) is -0.474. The minimum absolute atomic E-state index is 0.0872. The number of aliphatic carboxylic acids is 1. The molecule has 0 spiro atoms. The van der Waals surface area contributed by atoms with Gasteiger partial charge in [-0.1, -0.05) is 0 Å². The molecule has 0 saturated heterocycles. The van der Waals surface area contributed by atoms with E-state index < -0.39 is 27.9 Å². The maximum Gasteiger partial charge on any atom is 0.304 e. The molecule has 1 amide bonds. The first-order valence-corrected chi connectivity index (χ1v) is 7.28. The highest BCUT2D eigenvalue weighted by Gasteiger charge is 2.22. The minimum atomic E-state index is -3.86. The first kappa shape index (κ1) is 16.2. The van der Waals surface area contributed by atoms with Crippen LogP contribution in [0.15, 0.2) is 17.2 Å². The van der Waals surface area contributed by atoms with Crippen LogP contribution in [-0.4, -0.2) is 43.1 Å². The molecule has 1 heterocycles. The number of hydrogen-bond acceptors (Lipinski definition) is 4. The zero-order valence-corrected chi connectivity index (χ0v) is 12.2. The van der Waals surface area contributed by atoms with Gasteiger partial charge in [0.2, 0.25) is 10.0 Å². The maximum atomic E-state index is 12.1. The lowest BCUT2D eigenvalue weighted by Crippen LogP contribution is -2.34. The number of carboxylic acids is 1. The number of aromatic nitrogens is 1. The van der Waals surface area contributed by atoms with Gasteiger partial charge < -0.3 is 15.0 Å². The zero-order chi connectivity index (χ0) is 15.5. The molecule has 1 unspecified atom stereocenters. The molecular weight excluding hydrogens is 286 g/mol. The molecule has 0 aliphatic carbocycles. The molecule has 0 aromatic carbocycles. The van der Waals surface area contributed by atoms with Gasteiger partial charge in [-0.3, -0.25) is 9.59 Å². The highest BCUT2D eigenvalue weighted by atomic mass is 32.2. The monoisotopic (exact) mass is 303 g/mol. The molecule has 1 aromatic rings. The van der Waals surface area contributed by atoms with Crippen molar-refractivity contribution >= 4 is 21.9 Å². The van der Waals surface area contributed by atoms with E-state index in [-0.39, 0.29) is 17.0 Å². The van der Waals surface area contributed by atoms with Gasteiger partial charge >= 0.3 is 5.97 Å². The van der Waals surface area contributed by atoms with Crippen molar-refractivity contribution in [2.45, 2.75) is 24.3 Å². The fourth-order valence-electron chi connectivity index (χ4n) is 1.67. The molecule has 0 aliphatic heterocycles. The fourth-order valence-corrected chi connectivity index (χ4v) is 2.98. The summed E-state index contributed by atoms with van der Waals surface area (Å²) in [5.74, 6) is -1.51. The first-order valence-electron chi connectivity index (χ1n) is 5.80. The third-order valence-electron chi connectivity index (χ3n) is 2.59. The van der Waals surface area contributed by atoms with Crippen molar-refractivity contribution in [3.05, 3.63) is 18.0 Å². The summed E-state index contributed by atoms with van der Waals surface area (Å²) in [6, 6.07) is 0.482. The van der Waals surface area contributed by atoms with Gasteiger partial charge in [-0.2, -0.15) is 0 Å². The molecule has 0 saturated carbocycles. The summed E-state index contributed by atoms with van der Waals surface area (Å²) in [7, 11) is -0.876. The quantitative estimate of drug-likeness (QED) is 0.656. The Balaban J connectivity index is 2.99. The number of nitrogens with one attached hydrogen (secondary N) is 2. The number of sulfonamides is 1. The van der Waals surface area contributed by atoms with Gasteiger partial charge in [0.1, 0.15) is 10.6 Å². The minimum Gasteiger partial charge on any atom is -0.481 e. The summed E-state index contributed by atoms with van der Waals surface area (Å²) in [5.41, 5.74) is 0.193. The Labute approximate surface area is 116 Å². The zero-order valence-electron chi connectivity index (χ0n) is 11.4.